The van der Waals surface area contributed by atoms with Gasteiger partial charge in [-0.15, -0.1) is 0 Å². The maximum Gasteiger partial charge on any atom is 0.303 e. The van der Waals surface area contributed by atoms with Crippen LogP contribution in [0.3, 0.4) is 0 Å². The van der Waals surface area contributed by atoms with Crippen LogP contribution in [0.1, 0.15) is 79.1 Å². The number of carbonyl (C=O) groups excluding carboxylic acids is 3. The molecule has 0 saturated heterocycles. The number of hydrogen-bond acceptors (Lipinski definition) is 5. The van der Waals surface area contributed by atoms with Gasteiger partial charge in [-0.1, -0.05) is 20.8 Å². The first-order chi connectivity index (χ1) is 13.5. The minimum atomic E-state index is -0.434. The molecule has 0 amide bonds. The first-order valence-electron chi connectivity index (χ1n) is 11.4. The van der Waals surface area contributed by atoms with Gasteiger partial charge in [-0.05, 0) is 73.0 Å². The van der Waals surface area contributed by atoms with E-state index in [2.05, 4.69) is 20.8 Å². The van der Waals surface area contributed by atoms with Crippen LogP contribution in [0, 0.1) is 39.9 Å². The van der Waals surface area contributed by atoms with Crippen molar-refractivity contribution < 1.29 is 24.2 Å². The first kappa shape index (κ1) is 21.0. The van der Waals surface area contributed by atoms with Crippen molar-refractivity contribution >= 4 is 17.5 Å². The van der Waals surface area contributed by atoms with Crippen molar-refractivity contribution in [2.24, 2.45) is 39.9 Å². The van der Waals surface area contributed by atoms with E-state index in [1.165, 1.54) is 6.92 Å². The monoisotopic (exact) mass is 404 g/mol. The van der Waals surface area contributed by atoms with Gasteiger partial charge < -0.3 is 9.84 Å². The average Bonchev–Trinajstić information content (AvgIpc) is 2.97. The molecule has 0 spiro atoms. The van der Waals surface area contributed by atoms with Crippen molar-refractivity contribution in [3.05, 3.63) is 0 Å². The van der Waals surface area contributed by atoms with Crippen LogP contribution in [0.25, 0.3) is 0 Å². The molecular formula is C24H36O5. The molecule has 4 aliphatic rings. The van der Waals surface area contributed by atoms with Gasteiger partial charge in [-0.3, -0.25) is 14.4 Å². The van der Waals surface area contributed by atoms with Crippen LogP contribution >= 0.6 is 0 Å². The van der Waals surface area contributed by atoms with E-state index in [1.807, 2.05) is 0 Å². The largest absolute Gasteiger partial charge is 0.458 e. The van der Waals surface area contributed by atoms with Crippen molar-refractivity contribution in [3.63, 3.8) is 0 Å². The lowest BCUT2D eigenvalue weighted by molar-refractivity contribution is -0.181. The fourth-order valence-electron chi connectivity index (χ4n) is 8.20. The lowest BCUT2D eigenvalue weighted by Crippen LogP contribution is -2.61. The second kappa shape index (κ2) is 6.90. The maximum absolute atomic E-state index is 13.6. The topological polar surface area (TPSA) is 80.7 Å². The Morgan fingerprint density at radius 2 is 1.83 bits per heavy atom. The number of carbonyl (C=O) groups is 3. The fraction of sp³-hybridized carbons (Fsp3) is 0.875. The highest BCUT2D eigenvalue weighted by Gasteiger charge is 2.66. The molecule has 29 heavy (non-hydrogen) atoms. The molecule has 3 unspecified atom stereocenters. The fourth-order valence-corrected chi connectivity index (χ4v) is 8.20. The molecule has 8 atom stereocenters. The number of aliphatic hydroxyl groups excluding tert-OH is 1. The zero-order valence-corrected chi connectivity index (χ0v) is 18.3. The summed E-state index contributed by atoms with van der Waals surface area (Å²) in [6, 6.07) is 0. The number of fused-ring (bicyclic) bond motifs is 5. The normalized spacial score (nSPS) is 49.0. The Hall–Kier alpha value is -1.23. The number of ether oxygens (including phenoxy) is 1. The highest BCUT2D eigenvalue weighted by atomic mass is 16.5. The van der Waals surface area contributed by atoms with Gasteiger partial charge in [-0.2, -0.15) is 0 Å². The second-order valence-corrected chi connectivity index (χ2v) is 11.2. The molecule has 5 nitrogen and oxygen atoms in total. The predicted molar refractivity (Wildman–Crippen MR) is 108 cm³/mol. The molecule has 4 aliphatic carbocycles. The molecular weight excluding hydrogens is 368 g/mol. The van der Waals surface area contributed by atoms with Crippen molar-refractivity contribution in [2.45, 2.75) is 85.2 Å². The smallest absolute Gasteiger partial charge is 0.303 e. The Morgan fingerprint density at radius 3 is 2.52 bits per heavy atom. The highest BCUT2D eigenvalue weighted by Crippen LogP contribution is 2.69. The van der Waals surface area contributed by atoms with Crippen LogP contribution in [-0.4, -0.2) is 35.4 Å². The summed E-state index contributed by atoms with van der Waals surface area (Å²) in [7, 11) is 0. The van der Waals surface area contributed by atoms with E-state index in [0.29, 0.717) is 24.0 Å². The van der Waals surface area contributed by atoms with E-state index in [4.69, 9.17) is 4.74 Å². The summed E-state index contributed by atoms with van der Waals surface area (Å²) in [5, 5.41) is 10.3. The van der Waals surface area contributed by atoms with Crippen LogP contribution in [0.2, 0.25) is 0 Å². The van der Waals surface area contributed by atoms with Crippen molar-refractivity contribution in [3.8, 4) is 0 Å². The highest BCUT2D eigenvalue weighted by molar-refractivity contribution is 5.89. The van der Waals surface area contributed by atoms with Gasteiger partial charge in [0.25, 0.3) is 0 Å². The summed E-state index contributed by atoms with van der Waals surface area (Å²) in [4.78, 5) is 37.6. The SMILES string of the molecule is CC(=O)OCC(=O)[C@H]1CCC2C3CC[C@@]4(C)C[C@H](O)CC[C@]4(C)C3C(=O)C[C@@]21C. The molecule has 162 valence electrons. The van der Waals surface area contributed by atoms with Crippen LogP contribution in [0.15, 0.2) is 0 Å². The summed E-state index contributed by atoms with van der Waals surface area (Å²) in [6.07, 6.45) is 6.55. The van der Waals surface area contributed by atoms with Crippen LogP contribution in [0.4, 0.5) is 0 Å². The average molecular weight is 405 g/mol. The quantitative estimate of drug-likeness (QED) is 0.725. The summed E-state index contributed by atoms with van der Waals surface area (Å²) < 4.78 is 4.99. The van der Waals surface area contributed by atoms with Crippen LogP contribution in [0.5, 0.6) is 0 Å². The lowest BCUT2D eigenvalue weighted by atomic mass is 9.40. The second-order valence-electron chi connectivity index (χ2n) is 11.2. The number of hydrogen-bond donors (Lipinski definition) is 1. The van der Waals surface area contributed by atoms with E-state index in [-0.39, 0.29) is 46.6 Å². The van der Waals surface area contributed by atoms with Gasteiger partial charge in [0, 0.05) is 25.2 Å². The molecule has 0 aromatic carbocycles. The van der Waals surface area contributed by atoms with Gasteiger partial charge in [-0.25, -0.2) is 0 Å². The van der Waals surface area contributed by atoms with E-state index >= 15 is 0 Å². The van der Waals surface area contributed by atoms with Gasteiger partial charge >= 0.3 is 5.97 Å². The van der Waals surface area contributed by atoms with Crippen LogP contribution < -0.4 is 0 Å². The molecule has 4 fully saturated rings. The van der Waals surface area contributed by atoms with Crippen molar-refractivity contribution in [2.75, 3.05) is 6.61 Å². The molecule has 0 aromatic heterocycles. The Morgan fingerprint density at radius 1 is 1.10 bits per heavy atom. The molecule has 4 rings (SSSR count). The number of Topliss-reactive ketones (excluding diaryl/α,β-unsaturated/α-hetero) is 2. The van der Waals surface area contributed by atoms with Crippen molar-refractivity contribution in [1.29, 1.82) is 0 Å². The molecule has 0 aliphatic heterocycles. The molecule has 0 bridgehead atoms. The minimum absolute atomic E-state index is 0.0123. The van der Waals surface area contributed by atoms with E-state index in [9.17, 15) is 19.5 Å². The summed E-state index contributed by atoms with van der Waals surface area (Å²) >= 11 is 0. The third-order valence-corrected chi connectivity index (χ3v) is 9.84. The Kier molecular flexibility index (Phi) is 5.00. The van der Waals surface area contributed by atoms with Gasteiger partial charge in [0.15, 0.2) is 5.78 Å². The molecule has 1 N–H and O–H groups in total. The number of rotatable bonds is 3. The Balaban J connectivity index is 1.61. The summed E-state index contributed by atoms with van der Waals surface area (Å²) in [6.45, 7) is 7.87. The first-order valence-corrected chi connectivity index (χ1v) is 11.4. The summed E-state index contributed by atoms with van der Waals surface area (Å²) in [5.74, 6) is 0.442. The van der Waals surface area contributed by atoms with Gasteiger partial charge in [0.05, 0.1) is 6.10 Å². The molecule has 0 heterocycles. The zero-order chi connectivity index (χ0) is 21.2. The predicted octanol–water partition coefficient (Wildman–Crippen LogP) is 3.71. The number of aliphatic hydroxyl groups is 1. The number of esters is 1. The van der Waals surface area contributed by atoms with E-state index in [1.54, 1.807) is 0 Å². The Labute approximate surface area is 174 Å². The maximum atomic E-state index is 13.6. The Bertz CT molecular complexity index is 731. The molecule has 0 aromatic rings. The third-order valence-electron chi connectivity index (χ3n) is 9.84. The van der Waals surface area contributed by atoms with Gasteiger partial charge in [0.2, 0.25) is 0 Å². The van der Waals surface area contributed by atoms with E-state index in [0.717, 1.165) is 44.9 Å². The molecule has 0 radical (unpaired) electrons. The molecule has 4 saturated carbocycles. The van der Waals surface area contributed by atoms with Gasteiger partial charge in [0.1, 0.15) is 12.4 Å². The summed E-state index contributed by atoms with van der Waals surface area (Å²) in [5.41, 5.74) is -0.362. The number of ketones is 2. The van der Waals surface area contributed by atoms with Crippen LogP contribution in [-0.2, 0) is 19.1 Å². The third kappa shape index (κ3) is 3.02. The molecule has 5 heteroatoms. The van der Waals surface area contributed by atoms with E-state index < -0.39 is 5.97 Å². The van der Waals surface area contributed by atoms with Crippen molar-refractivity contribution in [1.82, 2.24) is 0 Å². The minimum Gasteiger partial charge on any atom is -0.458 e. The lowest BCUT2D eigenvalue weighted by Gasteiger charge is -2.64. The standard InChI is InChI=1S/C24H36O5/c1-14(25)29-13-20(28)18-6-5-17-16-8-9-22(2)11-15(26)7-10-24(22,4)21(16)19(27)12-23(17,18)3/h15-18,21,26H,5-13H2,1-4H3/t15-,16?,17?,18-,21?,22+,23+,24-/m1/s1. The zero-order valence-electron chi connectivity index (χ0n) is 18.3.